The molecule has 202 valence electrons. The fraction of sp³-hybridized carbons (Fsp3) is 0.429. The van der Waals surface area contributed by atoms with Crippen LogP contribution < -0.4 is 10.1 Å². The lowest BCUT2D eigenvalue weighted by Gasteiger charge is -2.44. The molecule has 7 nitrogen and oxygen atoms in total. The monoisotopic (exact) mass is 528 g/mol. The first-order chi connectivity index (χ1) is 18.3. The van der Waals surface area contributed by atoms with E-state index in [1.807, 2.05) is 24.3 Å². The van der Waals surface area contributed by atoms with Crippen LogP contribution in [0.3, 0.4) is 0 Å². The fourth-order valence-electron chi connectivity index (χ4n) is 5.19. The average Bonchev–Trinajstić information content (AvgIpc) is 3.36. The lowest BCUT2D eigenvalue weighted by Crippen LogP contribution is -2.42. The molecule has 1 aliphatic carbocycles. The average molecular weight is 529 g/mol. The molecule has 10 heteroatoms. The van der Waals surface area contributed by atoms with Crippen molar-refractivity contribution >= 4 is 11.6 Å². The summed E-state index contributed by atoms with van der Waals surface area (Å²) in [7, 11) is 1.49. The number of carbonyl (C=O) groups is 1. The van der Waals surface area contributed by atoms with Crippen molar-refractivity contribution in [1.82, 2.24) is 14.7 Å². The quantitative estimate of drug-likeness (QED) is 0.430. The molecule has 1 saturated carbocycles. The predicted molar refractivity (Wildman–Crippen MR) is 137 cm³/mol. The molecule has 5 rings (SSSR count). The van der Waals surface area contributed by atoms with E-state index in [2.05, 4.69) is 15.3 Å². The van der Waals surface area contributed by atoms with Crippen LogP contribution in [0.1, 0.15) is 47.4 Å². The number of aromatic nitrogens is 2. The molecule has 2 fully saturated rings. The SMILES string of the molecule is COc1ccc(-n2nc(C(F)(F)F)cc2C(=O)Nc2ccc(C3(CCN4CCOCC4)CCC3)cc2)cc1. The van der Waals surface area contributed by atoms with Crippen LogP contribution in [-0.4, -0.2) is 60.5 Å². The van der Waals surface area contributed by atoms with Crippen LogP contribution in [0, 0.1) is 0 Å². The van der Waals surface area contributed by atoms with Gasteiger partial charge in [-0.15, -0.1) is 0 Å². The number of rotatable bonds is 8. The molecule has 0 unspecified atom stereocenters. The number of alkyl halides is 3. The number of hydrogen-bond donors (Lipinski definition) is 1. The highest BCUT2D eigenvalue weighted by Gasteiger charge is 2.39. The Bertz CT molecular complexity index is 1250. The van der Waals surface area contributed by atoms with E-state index in [0.29, 0.717) is 17.1 Å². The van der Waals surface area contributed by atoms with Crippen molar-refractivity contribution in [2.24, 2.45) is 0 Å². The van der Waals surface area contributed by atoms with Crippen molar-refractivity contribution in [2.75, 3.05) is 45.3 Å². The third kappa shape index (κ3) is 5.56. The Balaban J connectivity index is 1.32. The zero-order valence-corrected chi connectivity index (χ0v) is 21.3. The molecule has 2 heterocycles. The van der Waals surface area contributed by atoms with Crippen molar-refractivity contribution in [3.05, 3.63) is 71.5 Å². The number of hydrogen-bond acceptors (Lipinski definition) is 5. The second-order valence-electron chi connectivity index (χ2n) is 9.89. The van der Waals surface area contributed by atoms with Crippen LogP contribution in [0.5, 0.6) is 5.75 Å². The molecule has 1 aromatic heterocycles. The molecule has 1 saturated heterocycles. The van der Waals surface area contributed by atoms with E-state index in [1.54, 1.807) is 24.3 Å². The molecule has 1 N–H and O–H groups in total. The van der Waals surface area contributed by atoms with Crippen molar-refractivity contribution in [1.29, 1.82) is 0 Å². The summed E-state index contributed by atoms with van der Waals surface area (Å²) in [5.41, 5.74) is 0.840. The first kappa shape index (κ1) is 26.2. The Labute approximate surface area is 219 Å². The largest absolute Gasteiger partial charge is 0.497 e. The van der Waals surface area contributed by atoms with Gasteiger partial charge in [-0.05, 0) is 73.2 Å². The Morgan fingerprint density at radius 3 is 2.34 bits per heavy atom. The Morgan fingerprint density at radius 2 is 1.76 bits per heavy atom. The summed E-state index contributed by atoms with van der Waals surface area (Å²) in [6, 6.07) is 14.7. The van der Waals surface area contributed by atoms with Gasteiger partial charge in [-0.1, -0.05) is 18.6 Å². The lowest BCUT2D eigenvalue weighted by molar-refractivity contribution is -0.141. The van der Waals surface area contributed by atoms with Gasteiger partial charge in [-0.2, -0.15) is 18.3 Å². The maximum absolute atomic E-state index is 13.4. The van der Waals surface area contributed by atoms with Gasteiger partial charge in [0.15, 0.2) is 5.69 Å². The molecule has 0 spiro atoms. The standard InChI is InChI=1S/C28H31F3N4O3/c1-37-23-9-7-22(8-10-23)35-24(19-25(33-35)28(29,30)31)26(36)32-21-5-3-20(4-6-21)27(11-2-12-27)13-14-34-15-17-38-18-16-34/h3-10,19H,2,11-18H2,1H3,(H,32,36). The van der Waals surface area contributed by atoms with Gasteiger partial charge in [-0.3, -0.25) is 9.69 Å². The molecule has 0 atom stereocenters. The molecule has 38 heavy (non-hydrogen) atoms. The molecule has 3 aromatic rings. The number of morpholine rings is 1. The van der Waals surface area contributed by atoms with E-state index in [4.69, 9.17) is 9.47 Å². The van der Waals surface area contributed by atoms with E-state index >= 15 is 0 Å². The third-order valence-corrected chi connectivity index (χ3v) is 7.63. The number of carbonyl (C=O) groups excluding carboxylic acids is 1. The van der Waals surface area contributed by atoms with Crippen LogP contribution in [0.4, 0.5) is 18.9 Å². The number of nitrogens with one attached hydrogen (secondary N) is 1. The third-order valence-electron chi connectivity index (χ3n) is 7.63. The van der Waals surface area contributed by atoms with E-state index in [1.165, 1.54) is 19.1 Å². The summed E-state index contributed by atoms with van der Waals surface area (Å²) in [6.45, 7) is 4.51. The smallest absolute Gasteiger partial charge is 0.435 e. The molecule has 0 radical (unpaired) electrons. The topological polar surface area (TPSA) is 68.6 Å². The predicted octanol–water partition coefficient (Wildman–Crippen LogP) is 5.30. The highest BCUT2D eigenvalue weighted by molar-refractivity contribution is 6.03. The van der Waals surface area contributed by atoms with Gasteiger partial charge in [-0.25, -0.2) is 4.68 Å². The molecule has 2 aliphatic rings. The molecular formula is C28H31F3N4O3. The summed E-state index contributed by atoms with van der Waals surface area (Å²) in [5.74, 6) is -0.139. The van der Waals surface area contributed by atoms with Crippen molar-refractivity contribution in [3.8, 4) is 11.4 Å². The Morgan fingerprint density at radius 1 is 1.08 bits per heavy atom. The summed E-state index contributed by atoms with van der Waals surface area (Å²) < 4.78 is 51.9. The lowest BCUT2D eigenvalue weighted by atomic mass is 9.62. The molecular weight excluding hydrogens is 497 g/mol. The minimum atomic E-state index is -4.69. The Kier molecular flexibility index (Phi) is 7.45. The summed E-state index contributed by atoms with van der Waals surface area (Å²) in [4.78, 5) is 15.6. The molecule has 1 aliphatic heterocycles. The maximum atomic E-state index is 13.4. The summed E-state index contributed by atoms with van der Waals surface area (Å²) in [5, 5.41) is 6.41. The first-order valence-electron chi connectivity index (χ1n) is 12.8. The van der Waals surface area contributed by atoms with Crippen LogP contribution in [-0.2, 0) is 16.3 Å². The minimum Gasteiger partial charge on any atom is -0.497 e. The zero-order valence-electron chi connectivity index (χ0n) is 21.3. The molecule has 0 bridgehead atoms. The summed E-state index contributed by atoms with van der Waals surface area (Å²) in [6.07, 6.45) is -0.167. The Hall–Kier alpha value is -3.37. The van der Waals surface area contributed by atoms with Gasteiger partial charge in [0.2, 0.25) is 0 Å². The van der Waals surface area contributed by atoms with E-state index in [9.17, 15) is 18.0 Å². The second kappa shape index (κ2) is 10.8. The number of halogens is 3. The number of methoxy groups -OCH3 is 1. The zero-order chi connectivity index (χ0) is 26.8. The fourth-order valence-corrected chi connectivity index (χ4v) is 5.19. The first-order valence-corrected chi connectivity index (χ1v) is 12.8. The van der Waals surface area contributed by atoms with Gasteiger partial charge in [0.1, 0.15) is 11.4 Å². The number of amides is 1. The van der Waals surface area contributed by atoms with Crippen LogP contribution in [0.25, 0.3) is 5.69 Å². The van der Waals surface area contributed by atoms with Gasteiger partial charge in [0, 0.05) is 24.8 Å². The van der Waals surface area contributed by atoms with Crippen molar-refractivity contribution < 1.29 is 27.4 Å². The van der Waals surface area contributed by atoms with E-state index in [0.717, 1.165) is 62.9 Å². The van der Waals surface area contributed by atoms with E-state index < -0.39 is 17.8 Å². The van der Waals surface area contributed by atoms with Gasteiger partial charge in [0.25, 0.3) is 5.91 Å². The number of anilines is 1. The molecule has 1 amide bonds. The van der Waals surface area contributed by atoms with Crippen molar-refractivity contribution in [3.63, 3.8) is 0 Å². The van der Waals surface area contributed by atoms with Gasteiger partial charge >= 0.3 is 6.18 Å². The van der Waals surface area contributed by atoms with Crippen LogP contribution >= 0.6 is 0 Å². The van der Waals surface area contributed by atoms with Crippen LogP contribution in [0.15, 0.2) is 54.6 Å². The second-order valence-corrected chi connectivity index (χ2v) is 9.89. The summed E-state index contributed by atoms with van der Waals surface area (Å²) >= 11 is 0. The number of benzene rings is 2. The molecule has 2 aromatic carbocycles. The van der Waals surface area contributed by atoms with Gasteiger partial charge < -0.3 is 14.8 Å². The number of ether oxygens (including phenoxy) is 2. The normalized spacial score (nSPS) is 17.6. The van der Waals surface area contributed by atoms with Crippen molar-refractivity contribution in [2.45, 2.75) is 37.3 Å². The van der Waals surface area contributed by atoms with Crippen LogP contribution in [0.2, 0.25) is 0 Å². The highest BCUT2D eigenvalue weighted by atomic mass is 19.4. The van der Waals surface area contributed by atoms with Gasteiger partial charge in [0.05, 0.1) is 26.0 Å². The number of nitrogens with zero attached hydrogens (tertiary/aromatic N) is 3. The minimum absolute atomic E-state index is 0.134. The van der Waals surface area contributed by atoms with E-state index in [-0.39, 0.29) is 11.1 Å². The highest BCUT2D eigenvalue weighted by Crippen LogP contribution is 2.46. The maximum Gasteiger partial charge on any atom is 0.435 e.